The number of ether oxygens (including phenoxy) is 1. The van der Waals surface area contributed by atoms with Gasteiger partial charge in [0.2, 0.25) is 0 Å². The van der Waals surface area contributed by atoms with Gasteiger partial charge in [-0.3, -0.25) is 19.1 Å². The zero-order chi connectivity index (χ0) is 20.4. The number of thiocarbonyl (C=S) groups is 1. The molecule has 1 aromatic rings. The maximum absolute atomic E-state index is 12.8. The van der Waals surface area contributed by atoms with Gasteiger partial charge in [0.25, 0.3) is 11.5 Å². The van der Waals surface area contributed by atoms with E-state index in [1.807, 2.05) is 6.07 Å². The van der Waals surface area contributed by atoms with Gasteiger partial charge in [-0.15, -0.1) is 0 Å². The molecule has 0 saturated carbocycles. The van der Waals surface area contributed by atoms with Crippen LogP contribution in [0.25, 0.3) is 6.08 Å². The van der Waals surface area contributed by atoms with Crippen LogP contribution in [0, 0.1) is 18.3 Å². The van der Waals surface area contributed by atoms with Crippen LogP contribution in [0.5, 0.6) is 0 Å². The van der Waals surface area contributed by atoms with E-state index in [-0.39, 0.29) is 17.0 Å². The van der Waals surface area contributed by atoms with E-state index in [1.165, 1.54) is 21.2 Å². The van der Waals surface area contributed by atoms with Crippen molar-refractivity contribution in [2.45, 2.75) is 19.8 Å². The minimum Gasteiger partial charge on any atom is -0.383 e. The topological polar surface area (TPSA) is 78.6 Å². The third-order valence-corrected chi connectivity index (χ3v) is 6.42. The Morgan fingerprint density at radius 2 is 2.00 bits per heavy atom. The molecule has 3 rings (SSSR count). The Hall–Kier alpha value is -2.15. The summed E-state index contributed by atoms with van der Waals surface area (Å²) in [6.45, 7) is 4.24. The number of hydrogen-bond acceptors (Lipinski definition) is 7. The summed E-state index contributed by atoms with van der Waals surface area (Å²) >= 11 is 6.58. The predicted molar refractivity (Wildman–Crippen MR) is 114 cm³/mol. The zero-order valence-electron chi connectivity index (χ0n) is 16.2. The van der Waals surface area contributed by atoms with Crippen molar-refractivity contribution in [3.63, 3.8) is 0 Å². The van der Waals surface area contributed by atoms with Crippen molar-refractivity contribution in [2.75, 3.05) is 38.3 Å². The van der Waals surface area contributed by atoms with Crippen LogP contribution in [0.3, 0.4) is 0 Å². The zero-order valence-corrected chi connectivity index (χ0v) is 17.8. The summed E-state index contributed by atoms with van der Waals surface area (Å²) in [4.78, 5) is 29.6. The van der Waals surface area contributed by atoms with Crippen molar-refractivity contribution < 1.29 is 9.53 Å². The Morgan fingerprint density at radius 3 is 2.61 bits per heavy atom. The molecule has 2 aliphatic heterocycles. The van der Waals surface area contributed by atoms with Crippen LogP contribution in [0.2, 0.25) is 0 Å². The van der Waals surface area contributed by atoms with Crippen molar-refractivity contribution in [3.05, 3.63) is 31.9 Å². The first-order valence-corrected chi connectivity index (χ1v) is 10.3. The van der Waals surface area contributed by atoms with Crippen LogP contribution in [-0.4, -0.2) is 53.0 Å². The number of thioether (sulfide) groups is 1. The fourth-order valence-corrected chi connectivity index (χ4v) is 4.82. The second-order valence-electron chi connectivity index (χ2n) is 6.73. The second-order valence-corrected chi connectivity index (χ2v) is 8.41. The molecule has 0 aliphatic carbocycles. The maximum Gasteiger partial charge on any atom is 0.270 e. The van der Waals surface area contributed by atoms with Gasteiger partial charge in [0.05, 0.1) is 18.1 Å². The van der Waals surface area contributed by atoms with Crippen LogP contribution in [0.1, 0.15) is 29.5 Å². The Kier molecular flexibility index (Phi) is 6.23. The first-order chi connectivity index (χ1) is 13.4. The highest BCUT2D eigenvalue weighted by Crippen LogP contribution is 2.36. The van der Waals surface area contributed by atoms with Crippen LogP contribution >= 0.6 is 24.0 Å². The van der Waals surface area contributed by atoms with Gasteiger partial charge < -0.3 is 9.64 Å². The lowest BCUT2D eigenvalue weighted by molar-refractivity contribution is -0.122. The Labute approximate surface area is 173 Å². The molecule has 0 N–H and O–H groups in total. The molecular formula is C19H22N4O3S2. The first-order valence-electron chi connectivity index (χ1n) is 9.03. The summed E-state index contributed by atoms with van der Waals surface area (Å²) in [5.41, 5.74) is 1.11. The summed E-state index contributed by atoms with van der Waals surface area (Å²) in [5, 5.41) is 9.49. The summed E-state index contributed by atoms with van der Waals surface area (Å²) in [5.74, 6) is 0.576. The summed E-state index contributed by atoms with van der Waals surface area (Å²) < 4.78 is 7.06. The molecule has 0 bridgehead atoms. The molecule has 0 radical (unpaired) electrons. The van der Waals surface area contributed by atoms with Crippen molar-refractivity contribution in [2.24, 2.45) is 7.05 Å². The second kappa shape index (κ2) is 8.47. The Balaban J connectivity index is 2.13. The minimum absolute atomic E-state index is 0.103. The van der Waals surface area contributed by atoms with E-state index in [9.17, 15) is 14.9 Å². The van der Waals surface area contributed by atoms with Crippen molar-refractivity contribution in [1.29, 1.82) is 5.26 Å². The molecule has 2 fully saturated rings. The summed E-state index contributed by atoms with van der Waals surface area (Å²) in [7, 11) is 3.25. The van der Waals surface area contributed by atoms with Gasteiger partial charge in [0.15, 0.2) is 0 Å². The van der Waals surface area contributed by atoms with Crippen molar-refractivity contribution in [1.82, 2.24) is 9.47 Å². The molecule has 3 heterocycles. The number of nitriles is 1. The molecule has 148 valence electrons. The number of aromatic nitrogens is 1. The van der Waals surface area contributed by atoms with Gasteiger partial charge in [-0.2, -0.15) is 5.26 Å². The lowest BCUT2D eigenvalue weighted by Crippen LogP contribution is -2.32. The highest BCUT2D eigenvalue weighted by atomic mass is 32.2. The summed E-state index contributed by atoms with van der Waals surface area (Å²) in [6.07, 6.45) is 3.87. The van der Waals surface area contributed by atoms with E-state index >= 15 is 0 Å². The molecule has 9 heteroatoms. The molecule has 0 unspecified atom stereocenters. The van der Waals surface area contributed by atoms with E-state index in [1.54, 1.807) is 27.2 Å². The highest BCUT2D eigenvalue weighted by molar-refractivity contribution is 8.26. The minimum atomic E-state index is -0.313. The van der Waals surface area contributed by atoms with E-state index in [2.05, 4.69) is 4.90 Å². The average Bonchev–Trinajstić information content (AvgIpc) is 3.28. The third-order valence-electron chi connectivity index (χ3n) is 5.04. The normalized spacial score (nSPS) is 18.4. The number of carbonyl (C=O) groups is 1. The fourth-order valence-electron chi connectivity index (χ4n) is 3.53. The molecule has 7 nitrogen and oxygen atoms in total. The largest absolute Gasteiger partial charge is 0.383 e. The van der Waals surface area contributed by atoms with Gasteiger partial charge in [-0.25, -0.2) is 0 Å². The molecular weight excluding hydrogens is 396 g/mol. The number of pyridine rings is 1. The van der Waals surface area contributed by atoms with E-state index in [0.29, 0.717) is 27.9 Å². The van der Waals surface area contributed by atoms with Gasteiger partial charge in [0, 0.05) is 32.8 Å². The molecule has 0 spiro atoms. The summed E-state index contributed by atoms with van der Waals surface area (Å²) in [6, 6.07) is 2.02. The van der Waals surface area contributed by atoms with Crippen molar-refractivity contribution in [3.8, 4) is 6.07 Å². The number of amides is 1. The molecule has 2 saturated heterocycles. The van der Waals surface area contributed by atoms with Crippen molar-refractivity contribution >= 4 is 46.1 Å². The van der Waals surface area contributed by atoms with Crippen LogP contribution < -0.4 is 10.5 Å². The average molecular weight is 419 g/mol. The molecule has 0 atom stereocenters. The predicted octanol–water partition coefficient (Wildman–Crippen LogP) is 2.01. The molecule has 0 aromatic carbocycles. The monoisotopic (exact) mass is 418 g/mol. The number of anilines is 1. The SMILES string of the molecule is COCCN1C(=O)/C(=C/c2c(C)c(C#N)c(=O)n(C)c2N2CCCC2)SC1=S. The van der Waals surface area contributed by atoms with E-state index in [0.717, 1.165) is 37.3 Å². The van der Waals surface area contributed by atoms with Crippen LogP contribution in [-0.2, 0) is 16.6 Å². The van der Waals surface area contributed by atoms with Gasteiger partial charge in [-0.1, -0.05) is 24.0 Å². The molecule has 2 aliphatic rings. The van der Waals surface area contributed by atoms with Crippen LogP contribution in [0.15, 0.2) is 9.70 Å². The highest BCUT2D eigenvalue weighted by Gasteiger charge is 2.33. The number of methoxy groups -OCH3 is 1. The van der Waals surface area contributed by atoms with Gasteiger partial charge in [-0.05, 0) is 31.4 Å². The maximum atomic E-state index is 12.8. The van der Waals surface area contributed by atoms with E-state index < -0.39 is 0 Å². The fraction of sp³-hybridized carbons (Fsp3) is 0.474. The Bertz CT molecular complexity index is 955. The van der Waals surface area contributed by atoms with Gasteiger partial charge in [0.1, 0.15) is 21.8 Å². The first kappa shape index (κ1) is 20.6. The number of rotatable bonds is 5. The Morgan fingerprint density at radius 1 is 1.32 bits per heavy atom. The third kappa shape index (κ3) is 3.60. The standard InChI is InChI=1S/C19H22N4O3S2/c1-12-13(10-15-18(25)23(8-9-26-3)19(27)28-15)16(22-6-4-5-7-22)21(2)17(24)14(12)11-20/h10H,4-9H2,1-3H3/b15-10-. The number of carbonyl (C=O) groups excluding carboxylic acids is 1. The van der Waals surface area contributed by atoms with E-state index in [4.69, 9.17) is 17.0 Å². The number of nitrogens with zero attached hydrogens (tertiary/aromatic N) is 4. The smallest absolute Gasteiger partial charge is 0.270 e. The van der Waals surface area contributed by atoms with Gasteiger partial charge >= 0.3 is 0 Å². The lowest BCUT2D eigenvalue weighted by Gasteiger charge is -2.25. The molecule has 1 aromatic heterocycles. The molecule has 1 amide bonds. The lowest BCUT2D eigenvalue weighted by atomic mass is 10.0. The quantitative estimate of drug-likeness (QED) is 0.535. The number of hydrogen-bond donors (Lipinski definition) is 0. The van der Waals surface area contributed by atoms with Crippen LogP contribution in [0.4, 0.5) is 5.82 Å². The molecule has 28 heavy (non-hydrogen) atoms.